The number of aromatic nitrogens is 1. The summed E-state index contributed by atoms with van der Waals surface area (Å²) in [6.45, 7) is 5.66. The first kappa shape index (κ1) is 14.3. The fourth-order valence-corrected chi connectivity index (χ4v) is 2.48. The number of aliphatic carboxylic acids is 1. The third-order valence-electron chi connectivity index (χ3n) is 3.59. The van der Waals surface area contributed by atoms with Gasteiger partial charge in [-0.1, -0.05) is 32.9 Å². The van der Waals surface area contributed by atoms with Crippen molar-refractivity contribution in [1.82, 2.24) is 4.57 Å². The first-order chi connectivity index (χ1) is 9.45. The van der Waals surface area contributed by atoms with Crippen molar-refractivity contribution in [2.45, 2.75) is 33.2 Å². The van der Waals surface area contributed by atoms with E-state index in [9.17, 15) is 14.7 Å². The summed E-state index contributed by atoms with van der Waals surface area (Å²) in [6.07, 6.45) is 2.49. The summed E-state index contributed by atoms with van der Waals surface area (Å²) in [5, 5.41) is 10.7. The van der Waals surface area contributed by atoms with Gasteiger partial charge in [0.25, 0.3) is 5.56 Å². The zero-order valence-corrected chi connectivity index (χ0v) is 12.0. The van der Waals surface area contributed by atoms with Crippen LogP contribution in [0, 0.1) is 5.92 Å². The van der Waals surface area contributed by atoms with E-state index in [0.29, 0.717) is 5.39 Å². The average Bonchev–Trinajstić information content (AvgIpc) is 2.40. The van der Waals surface area contributed by atoms with Crippen LogP contribution in [0.3, 0.4) is 0 Å². The molecule has 4 nitrogen and oxygen atoms in total. The van der Waals surface area contributed by atoms with Gasteiger partial charge in [-0.25, -0.2) is 4.79 Å². The fourth-order valence-electron chi connectivity index (χ4n) is 2.48. The smallest absolute Gasteiger partial charge is 0.327 e. The number of carboxylic acid groups (broad SMARTS) is 1. The Kier molecular flexibility index (Phi) is 3.93. The minimum absolute atomic E-state index is 0.155. The van der Waals surface area contributed by atoms with Crippen LogP contribution in [0.15, 0.2) is 35.3 Å². The van der Waals surface area contributed by atoms with E-state index in [1.807, 2.05) is 18.2 Å². The van der Waals surface area contributed by atoms with Crippen LogP contribution in [0.1, 0.15) is 32.4 Å². The van der Waals surface area contributed by atoms with E-state index < -0.39 is 12.0 Å². The fraction of sp³-hybridized carbons (Fsp3) is 0.375. The number of carboxylic acids is 1. The predicted molar refractivity (Wildman–Crippen MR) is 79.1 cm³/mol. The molecule has 1 unspecified atom stereocenters. The monoisotopic (exact) mass is 273 g/mol. The third kappa shape index (κ3) is 2.46. The van der Waals surface area contributed by atoms with Crippen molar-refractivity contribution in [2.24, 2.45) is 5.92 Å². The Labute approximate surface area is 117 Å². The second-order valence-electron chi connectivity index (χ2n) is 5.33. The van der Waals surface area contributed by atoms with Crippen molar-refractivity contribution >= 4 is 16.7 Å². The number of nitrogens with zero attached hydrogens (tertiary/aromatic N) is 1. The lowest BCUT2D eigenvalue weighted by Crippen LogP contribution is -2.32. The van der Waals surface area contributed by atoms with Gasteiger partial charge in [-0.2, -0.15) is 0 Å². The molecular formula is C16H19NO3. The summed E-state index contributed by atoms with van der Waals surface area (Å²) < 4.78 is 1.32. The molecule has 4 heteroatoms. The van der Waals surface area contributed by atoms with E-state index in [2.05, 4.69) is 6.92 Å². The van der Waals surface area contributed by atoms with Crippen LogP contribution in [-0.2, 0) is 11.2 Å². The summed E-state index contributed by atoms with van der Waals surface area (Å²) in [6, 6.07) is 6.66. The second-order valence-corrected chi connectivity index (χ2v) is 5.33. The largest absolute Gasteiger partial charge is 0.480 e. The van der Waals surface area contributed by atoms with Gasteiger partial charge in [0.05, 0.1) is 0 Å². The molecule has 0 radical (unpaired) electrons. The number of hydrogen-bond acceptors (Lipinski definition) is 2. The van der Waals surface area contributed by atoms with Gasteiger partial charge in [0.2, 0.25) is 0 Å². The minimum Gasteiger partial charge on any atom is -0.480 e. The molecule has 2 rings (SSSR count). The van der Waals surface area contributed by atoms with Crippen molar-refractivity contribution in [3.05, 3.63) is 46.4 Å². The Morgan fingerprint density at radius 2 is 2.00 bits per heavy atom. The molecule has 20 heavy (non-hydrogen) atoms. The van der Waals surface area contributed by atoms with E-state index >= 15 is 0 Å². The van der Waals surface area contributed by atoms with E-state index in [-0.39, 0.29) is 11.5 Å². The highest BCUT2D eigenvalue weighted by molar-refractivity contribution is 5.82. The van der Waals surface area contributed by atoms with Crippen LogP contribution in [0.2, 0.25) is 0 Å². The van der Waals surface area contributed by atoms with Gasteiger partial charge in [-0.3, -0.25) is 4.79 Å². The van der Waals surface area contributed by atoms with Crippen LogP contribution in [0.5, 0.6) is 0 Å². The molecule has 0 aliphatic rings. The van der Waals surface area contributed by atoms with Crippen molar-refractivity contribution < 1.29 is 9.90 Å². The van der Waals surface area contributed by atoms with E-state index in [1.165, 1.54) is 4.57 Å². The topological polar surface area (TPSA) is 59.3 Å². The molecule has 1 N–H and O–H groups in total. The SMILES string of the molecule is CCc1ccc2c(=O)n(C(C(=O)O)C(C)C)ccc2c1. The molecule has 0 aliphatic heterocycles. The lowest BCUT2D eigenvalue weighted by atomic mass is 10.0. The molecule has 0 bridgehead atoms. The van der Waals surface area contributed by atoms with E-state index in [1.54, 1.807) is 26.1 Å². The van der Waals surface area contributed by atoms with Crippen molar-refractivity contribution in [2.75, 3.05) is 0 Å². The Morgan fingerprint density at radius 3 is 2.55 bits per heavy atom. The van der Waals surface area contributed by atoms with Gasteiger partial charge in [0.15, 0.2) is 0 Å². The molecule has 2 aromatic rings. The van der Waals surface area contributed by atoms with Crippen LogP contribution >= 0.6 is 0 Å². The van der Waals surface area contributed by atoms with Crippen LogP contribution < -0.4 is 5.56 Å². The van der Waals surface area contributed by atoms with Crippen LogP contribution in [-0.4, -0.2) is 15.6 Å². The molecule has 0 spiro atoms. The molecule has 1 heterocycles. The van der Waals surface area contributed by atoms with Gasteiger partial charge in [0, 0.05) is 11.6 Å². The highest BCUT2D eigenvalue weighted by Crippen LogP contribution is 2.19. The molecule has 0 amide bonds. The molecule has 0 aliphatic carbocycles. The molecule has 0 saturated heterocycles. The van der Waals surface area contributed by atoms with E-state index in [0.717, 1.165) is 17.4 Å². The van der Waals surface area contributed by atoms with Crippen molar-refractivity contribution in [1.29, 1.82) is 0 Å². The van der Waals surface area contributed by atoms with Gasteiger partial charge < -0.3 is 9.67 Å². The molecule has 0 fully saturated rings. The van der Waals surface area contributed by atoms with Crippen LogP contribution in [0.4, 0.5) is 0 Å². The maximum absolute atomic E-state index is 12.5. The lowest BCUT2D eigenvalue weighted by molar-refractivity contribution is -0.142. The molecule has 1 atom stereocenters. The Bertz CT molecular complexity index is 700. The standard InChI is InChI=1S/C16H19NO3/c1-4-11-5-6-13-12(9-11)7-8-17(15(13)18)14(10(2)3)16(19)20/h5-10,14H,4H2,1-3H3,(H,19,20). The van der Waals surface area contributed by atoms with Gasteiger partial charge >= 0.3 is 5.97 Å². The minimum atomic E-state index is -0.980. The quantitative estimate of drug-likeness (QED) is 0.931. The molecular weight excluding hydrogens is 254 g/mol. The molecule has 106 valence electrons. The zero-order chi connectivity index (χ0) is 14.9. The van der Waals surface area contributed by atoms with E-state index in [4.69, 9.17) is 0 Å². The normalized spacial score (nSPS) is 12.8. The summed E-state index contributed by atoms with van der Waals surface area (Å²) >= 11 is 0. The van der Waals surface area contributed by atoms with Gasteiger partial charge in [-0.05, 0) is 35.4 Å². The first-order valence-electron chi connectivity index (χ1n) is 6.82. The number of aryl methyl sites for hydroxylation is 1. The summed E-state index contributed by atoms with van der Waals surface area (Å²) in [5.41, 5.74) is 0.916. The van der Waals surface area contributed by atoms with Gasteiger partial charge in [0.1, 0.15) is 6.04 Å². The predicted octanol–water partition coefficient (Wildman–Crippen LogP) is 2.85. The Balaban J connectivity index is 2.65. The van der Waals surface area contributed by atoms with Crippen LogP contribution in [0.25, 0.3) is 10.8 Å². The molecule has 1 aromatic carbocycles. The third-order valence-corrected chi connectivity index (χ3v) is 3.59. The van der Waals surface area contributed by atoms with Gasteiger partial charge in [-0.15, -0.1) is 0 Å². The second kappa shape index (κ2) is 5.49. The maximum Gasteiger partial charge on any atom is 0.327 e. The molecule has 0 saturated carbocycles. The highest BCUT2D eigenvalue weighted by Gasteiger charge is 2.24. The summed E-state index contributed by atoms with van der Waals surface area (Å²) in [5.74, 6) is -1.14. The number of pyridine rings is 1. The number of fused-ring (bicyclic) bond motifs is 1. The van der Waals surface area contributed by atoms with Crippen molar-refractivity contribution in [3.63, 3.8) is 0 Å². The molecule has 1 aromatic heterocycles. The summed E-state index contributed by atoms with van der Waals surface area (Å²) in [7, 11) is 0. The number of hydrogen-bond donors (Lipinski definition) is 1. The maximum atomic E-state index is 12.5. The lowest BCUT2D eigenvalue weighted by Gasteiger charge is -2.19. The first-order valence-corrected chi connectivity index (χ1v) is 6.82. The van der Waals surface area contributed by atoms with Crippen molar-refractivity contribution in [3.8, 4) is 0 Å². The number of rotatable bonds is 4. The zero-order valence-electron chi connectivity index (χ0n) is 12.0. The Morgan fingerprint density at radius 1 is 1.30 bits per heavy atom. The highest BCUT2D eigenvalue weighted by atomic mass is 16.4. The summed E-state index contributed by atoms with van der Waals surface area (Å²) in [4.78, 5) is 23.8. The number of benzene rings is 1. The number of carbonyl (C=O) groups is 1. The Hall–Kier alpha value is -2.10. The average molecular weight is 273 g/mol.